The van der Waals surface area contributed by atoms with Gasteiger partial charge in [0.05, 0.1) is 6.26 Å². The molecule has 1 heterocycles. The van der Waals surface area contributed by atoms with E-state index in [2.05, 4.69) is 26.6 Å². The van der Waals surface area contributed by atoms with Crippen LogP contribution in [0.2, 0.25) is 0 Å². The number of carbonyl (C=O) groups is 2. The van der Waals surface area contributed by atoms with E-state index >= 15 is 0 Å². The molecule has 1 aromatic heterocycles. The number of amides is 2. The van der Waals surface area contributed by atoms with Gasteiger partial charge in [-0.05, 0) is 74.5 Å². The van der Waals surface area contributed by atoms with Crippen LogP contribution in [0.5, 0.6) is 5.75 Å². The molecule has 6 nitrogen and oxygen atoms in total. The van der Waals surface area contributed by atoms with Crippen LogP contribution in [0, 0.1) is 0 Å². The molecule has 0 radical (unpaired) electrons. The van der Waals surface area contributed by atoms with Gasteiger partial charge in [0, 0.05) is 15.8 Å². The maximum atomic E-state index is 12.6. The lowest BCUT2D eigenvalue weighted by Crippen LogP contribution is -2.42. The second-order valence-electron chi connectivity index (χ2n) is 6.53. The molecule has 3 rings (SSSR count). The Morgan fingerprint density at radius 1 is 0.929 bits per heavy atom. The lowest BCUT2D eigenvalue weighted by molar-refractivity contribution is -0.128. The smallest absolute Gasteiger partial charge is 0.291 e. The van der Waals surface area contributed by atoms with Crippen LogP contribution < -0.4 is 15.4 Å². The second-order valence-corrected chi connectivity index (χ2v) is 7.44. The highest BCUT2D eigenvalue weighted by Gasteiger charge is 2.30. The molecule has 0 aliphatic rings. The molecular formula is C21H19BrN2O4. The van der Waals surface area contributed by atoms with E-state index in [1.165, 1.54) is 6.26 Å². The largest absolute Gasteiger partial charge is 0.478 e. The van der Waals surface area contributed by atoms with Crippen molar-refractivity contribution in [1.29, 1.82) is 0 Å². The summed E-state index contributed by atoms with van der Waals surface area (Å²) in [5, 5.41) is 5.54. The molecule has 7 heteroatoms. The average molecular weight is 443 g/mol. The number of hydrogen-bond donors (Lipinski definition) is 2. The van der Waals surface area contributed by atoms with Crippen LogP contribution >= 0.6 is 15.9 Å². The Labute approximate surface area is 171 Å². The van der Waals surface area contributed by atoms with Crippen molar-refractivity contribution in [2.24, 2.45) is 0 Å². The van der Waals surface area contributed by atoms with Crippen molar-refractivity contribution in [3.8, 4) is 5.75 Å². The van der Waals surface area contributed by atoms with E-state index < -0.39 is 5.60 Å². The molecular weight excluding hydrogens is 424 g/mol. The summed E-state index contributed by atoms with van der Waals surface area (Å²) in [6, 6.07) is 17.3. The Bertz CT molecular complexity index is 949. The van der Waals surface area contributed by atoms with Crippen molar-refractivity contribution >= 4 is 39.1 Å². The standard InChI is InChI=1S/C21H19BrN2O4/c1-21(2,28-17-11-5-14(22)6-12-17)20(26)24-16-9-7-15(8-10-16)23-19(25)18-4-3-13-27-18/h3-13H,1-2H3,(H,23,25)(H,24,26). The minimum Gasteiger partial charge on any atom is -0.478 e. The van der Waals surface area contributed by atoms with Gasteiger partial charge in [-0.3, -0.25) is 9.59 Å². The Morgan fingerprint density at radius 3 is 2.11 bits per heavy atom. The molecule has 144 valence electrons. The zero-order chi connectivity index (χ0) is 20.1. The number of carbonyl (C=O) groups excluding carboxylic acids is 2. The number of hydrogen-bond acceptors (Lipinski definition) is 4. The number of ether oxygens (including phenoxy) is 1. The molecule has 0 spiro atoms. The van der Waals surface area contributed by atoms with Crippen molar-refractivity contribution in [2.75, 3.05) is 10.6 Å². The summed E-state index contributed by atoms with van der Waals surface area (Å²) in [5.41, 5.74) is 0.109. The summed E-state index contributed by atoms with van der Waals surface area (Å²) in [5.74, 6) is 0.192. The number of benzene rings is 2. The SMILES string of the molecule is CC(C)(Oc1ccc(Br)cc1)C(=O)Nc1ccc(NC(=O)c2ccco2)cc1. The summed E-state index contributed by atoms with van der Waals surface area (Å²) in [6.45, 7) is 3.39. The first-order valence-corrected chi connectivity index (χ1v) is 9.34. The second kappa shape index (κ2) is 8.31. The number of nitrogens with one attached hydrogen (secondary N) is 2. The summed E-state index contributed by atoms with van der Waals surface area (Å²) >= 11 is 3.36. The molecule has 2 aromatic carbocycles. The van der Waals surface area contributed by atoms with E-state index in [9.17, 15) is 9.59 Å². The average Bonchev–Trinajstić information content (AvgIpc) is 3.20. The summed E-state index contributed by atoms with van der Waals surface area (Å²) in [4.78, 5) is 24.6. The Kier molecular flexibility index (Phi) is 5.84. The highest BCUT2D eigenvalue weighted by atomic mass is 79.9. The molecule has 0 saturated carbocycles. The predicted octanol–water partition coefficient (Wildman–Crippen LogP) is 5.09. The first-order chi connectivity index (χ1) is 13.3. The molecule has 0 atom stereocenters. The van der Waals surface area contributed by atoms with Crippen LogP contribution in [0.4, 0.5) is 11.4 Å². The van der Waals surface area contributed by atoms with Crippen LogP contribution in [0.15, 0.2) is 75.8 Å². The van der Waals surface area contributed by atoms with Crippen LogP contribution in [0.25, 0.3) is 0 Å². The van der Waals surface area contributed by atoms with Crippen LogP contribution in [0.1, 0.15) is 24.4 Å². The number of furan rings is 1. The number of rotatable bonds is 6. The van der Waals surface area contributed by atoms with Crippen LogP contribution in [0.3, 0.4) is 0 Å². The fourth-order valence-corrected chi connectivity index (χ4v) is 2.63. The Morgan fingerprint density at radius 2 is 1.54 bits per heavy atom. The molecule has 0 bridgehead atoms. The van der Waals surface area contributed by atoms with E-state index in [0.29, 0.717) is 17.1 Å². The third-order valence-electron chi connectivity index (χ3n) is 3.88. The predicted molar refractivity (Wildman–Crippen MR) is 111 cm³/mol. The van der Waals surface area contributed by atoms with E-state index in [1.807, 2.05) is 12.1 Å². The lowest BCUT2D eigenvalue weighted by Gasteiger charge is -2.25. The zero-order valence-electron chi connectivity index (χ0n) is 15.4. The van der Waals surface area contributed by atoms with Gasteiger partial charge in [-0.15, -0.1) is 0 Å². The van der Waals surface area contributed by atoms with Gasteiger partial charge in [-0.2, -0.15) is 0 Å². The van der Waals surface area contributed by atoms with E-state index in [1.54, 1.807) is 62.4 Å². The van der Waals surface area contributed by atoms with Crippen molar-refractivity contribution < 1.29 is 18.7 Å². The van der Waals surface area contributed by atoms with Crippen molar-refractivity contribution in [3.63, 3.8) is 0 Å². The van der Waals surface area contributed by atoms with Crippen molar-refractivity contribution in [2.45, 2.75) is 19.4 Å². The van der Waals surface area contributed by atoms with Gasteiger partial charge >= 0.3 is 0 Å². The van der Waals surface area contributed by atoms with Gasteiger partial charge in [0.1, 0.15) is 5.75 Å². The molecule has 0 saturated heterocycles. The Hall–Kier alpha value is -3.06. The third kappa shape index (κ3) is 5.01. The van der Waals surface area contributed by atoms with Gasteiger partial charge < -0.3 is 19.8 Å². The maximum Gasteiger partial charge on any atom is 0.291 e. The fraction of sp³-hybridized carbons (Fsp3) is 0.143. The van der Waals surface area contributed by atoms with Crippen molar-refractivity contribution in [1.82, 2.24) is 0 Å². The first-order valence-electron chi connectivity index (χ1n) is 8.54. The van der Waals surface area contributed by atoms with Gasteiger partial charge in [0.15, 0.2) is 11.4 Å². The van der Waals surface area contributed by atoms with Gasteiger partial charge in [-0.25, -0.2) is 0 Å². The maximum absolute atomic E-state index is 12.6. The molecule has 0 aliphatic heterocycles. The minimum absolute atomic E-state index is 0.226. The van der Waals surface area contributed by atoms with E-state index in [4.69, 9.17) is 9.15 Å². The van der Waals surface area contributed by atoms with Gasteiger partial charge in [0.25, 0.3) is 11.8 Å². The lowest BCUT2D eigenvalue weighted by atomic mass is 10.1. The van der Waals surface area contributed by atoms with E-state index in [-0.39, 0.29) is 17.6 Å². The third-order valence-corrected chi connectivity index (χ3v) is 4.41. The Balaban J connectivity index is 1.60. The summed E-state index contributed by atoms with van der Waals surface area (Å²) < 4.78 is 11.8. The highest BCUT2D eigenvalue weighted by molar-refractivity contribution is 9.10. The molecule has 0 aliphatic carbocycles. The first kappa shape index (κ1) is 19.7. The fourth-order valence-electron chi connectivity index (χ4n) is 2.36. The summed E-state index contributed by atoms with van der Waals surface area (Å²) in [6.07, 6.45) is 1.44. The molecule has 2 N–H and O–H groups in total. The van der Waals surface area contributed by atoms with Crippen LogP contribution in [-0.2, 0) is 4.79 Å². The summed E-state index contributed by atoms with van der Waals surface area (Å²) in [7, 11) is 0. The molecule has 28 heavy (non-hydrogen) atoms. The van der Waals surface area contributed by atoms with E-state index in [0.717, 1.165) is 4.47 Å². The number of halogens is 1. The van der Waals surface area contributed by atoms with Crippen molar-refractivity contribution in [3.05, 3.63) is 77.2 Å². The molecule has 3 aromatic rings. The van der Waals surface area contributed by atoms with Gasteiger partial charge in [-0.1, -0.05) is 15.9 Å². The monoisotopic (exact) mass is 442 g/mol. The topological polar surface area (TPSA) is 80.6 Å². The molecule has 0 fully saturated rings. The van der Waals surface area contributed by atoms with Crippen LogP contribution in [-0.4, -0.2) is 17.4 Å². The highest BCUT2D eigenvalue weighted by Crippen LogP contribution is 2.23. The molecule has 0 unspecified atom stereocenters. The normalized spacial score (nSPS) is 11.0. The molecule has 2 amide bonds. The minimum atomic E-state index is -1.07. The quantitative estimate of drug-likeness (QED) is 0.556. The zero-order valence-corrected chi connectivity index (χ0v) is 16.9. The number of anilines is 2. The van der Waals surface area contributed by atoms with Gasteiger partial charge in [0.2, 0.25) is 0 Å².